The van der Waals surface area contributed by atoms with E-state index in [0.29, 0.717) is 28.3 Å². The van der Waals surface area contributed by atoms with E-state index >= 15 is 8.78 Å². The van der Waals surface area contributed by atoms with Gasteiger partial charge < -0.3 is 5.32 Å². The van der Waals surface area contributed by atoms with Gasteiger partial charge in [0.2, 0.25) is 15.9 Å². The minimum absolute atomic E-state index is 0.0277. The number of pyridine rings is 1. The molecule has 2 aromatic carbocycles. The first-order valence-corrected chi connectivity index (χ1v) is 24.6. The Hall–Kier alpha value is -5.41. The average Bonchev–Trinajstić information content (AvgIpc) is 3.52. The van der Waals surface area contributed by atoms with Crippen molar-refractivity contribution in [1.82, 2.24) is 29.9 Å². The molecule has 3 heterocycles. The highest BCUT2D eigenvalue weighted by molar-refractivity contribution is 7.93. The van der Waals surface area contributed by atoms with Gasteiger partial charge in [-0.1, -0.05) is 23.6 Å². The Bertz CT molecular complexity index is 3190. The summed E-state index contributed by atoms with van der Waals surface area (Å²) in [5.41, 5.74) is -3.95. The third-order valence-corrected chi connectivity index (χ3v) is 16.1. The molecule has 0 bridgehead atoms. The van der Waals surface area contributed by atoms with Crippen LogP contribution in [0.4, 0.5) is 49.7 Å². The van der Waals surface area contributed by atoms with Crippen LogP contribution in [0.25, 0.3) is 22.0 Å². The number of aromatic nitrogens is 5. The highest BCUT2D eigenvalue weighted by Crippen LogP contribution is 2.48. The zero-order valence-corrected chi connectivity index (χ0v) is 38.3. The maximum absolute atomic E-state index is 15.2. The molecule has 0 saturated heterocycles. The van der Waals surface area contributed by atoms with Gasteiger partial charge in [-0.05, 0) is 99.6 Å². The number of carbonyl (C=O) groups is 1. The summed E-state index contributed by atoms with van der Waals surface area (Å²) in [6.07, 6.45) is -10.3. The molecule has 12 nitrogen and oxygen atoms in total. The van der Waals surface area contributed by atoms with E-state index in [1.54, 1.807) is 0 Å². The van der Waals surface area contributed by atoms with Crippen LogP contribution in [-0.4, -0.2) is 69.7 Å². The van der Waals surface area contributed by atoms with Gasteiger partial charge in [-0.15, -0.1) is 0 Å². The lowest BCUT2D eigenvalue weighted by molar-refractivity contribution is -0.142. The summed E-state index contributed by atoms with van der Waals surface area (Å²) in [6.45, 7) is -0.426. The highest BCUT2D eigenvalue weighted by atomic mass is 35.5. The summed E-state index contributed by atoms with van der Waals surface area (Å²) in [6, 6.07) is 3.12. The van der Waals surface area contributed by atoms with Crippen LogP contribution in [0.1, 0.15) is 90.6 Å². The monoisotopic (exact) mass is 1020 g/mol. The highest BCUT2D eigenvalue weighted by Gasteiger charge is 2.50. The summed E-state index contributed by atoms with van der Waals surface area (Å²) in [7, 11) is -8.05. The molecule has 3 aromatic heterocycles. The Balaban J connectivity index is 1.40. The number of nitrogens with zero attached hydrogens (tertiary/aromatic N) is 5. The molecule has 1 fully saturated rings. The molecule has 3 aliphatic carbocycles. The Morgan fingerprint density at radius 2 is 1.60 bits per heavy atom. The van der Waals surface area contributed by atoms with Crippen molar-refractivity contribution in [3.05, 3.63) is 92.0 Å². The molecular formula is C43H38ClF10N7O5S2. The van der Waals surface area contributed by atoms with Crippen molar-refractivity contribution in [2.75, 3.05) is 11.0 Å². The van der Waals surface area contributed by atoms with Crippen LogP contribution in [0.15, 0.2) is 30.3 Å². The zero-order chi connectivity index (χ0) is 49.7. The van der Waals surface area contributed by atoms with Crippen LogP contribution in [0.3, 0.4) is 0 Å². The van der Waals surface area contributed by atoms with Crippen LogP contribution in [-0.2, 0) is 75.5 Å². The van der Waals surface area contributed by atoms with Crippen LogP contribution < -0.4 is 10.0 Å². The number of sulfonamides is 1. The number of sulfone groups is 1. The Labute approximate surface area is 386 Å². The summed E-state index contributed by atoms with van der Waals surface area (Å²) in [5, 5.41) is 8.53. The molecular weight excluding hydrogens is 984 g/mol. The first-order chi connectivity index (χ1) is 31.4. The van der Waals surface area contributed by atoms with Crippen LogP contribution in [0.5, 0.6) is 0 Å². The summed E-state index contributed by atoms with van der Waals surface area (Å²) in [5.74, 6) is -2.37. The summed E-state index contributed by atoms with van der Waals surface area (Å²) >= 11 is 6.66. The van der Waals surface area contributed by atoms with Crippen molar-refractivity contribution in [2.24, 2.45) is 0 Å². The summed E-state index contributed by atoms with van der Waals surface area (Å²) in [4.78, 5) is 19.0. The van der Waals surface area contributed by atoms with Gasteiger partial charge in [-0.3, -0.25) is 18.9 Å². The molecule has 8 rings (SSSR count). The van der Waals surface area contributed by atoms with Gasteiger partial charge in [0.15, 0.2) is 21.3 Å². The second kappa shape index (κ2) is 16.9. The summed E-state index contributed by atoms with van der Waals surface area (Å²) < 4.78 is 199. The van der Waals surface area contributed by atoms with Gasteiger partial charge in [0.25, 0.3) is 5.92 Å². The lowest BCUT2D eigenvalue weighted by Gasteiger charge is -2.25. The van der Waals surface area contributed by atoms with Gasteiger partial charge in [0, 0.05) is 35.4 Å². The smallest absolute Gasteiger partial charge is 0.346 e. The molecule has 0 aliphatic heterocycles. The van der Waals surface area contributed by atoms with E-state index in [4.69, 9.17) is 16.6 Å². The van der Waals surface area contributed by atoms with Crippen molar-refractivity contribution >= 4 is 54.1 Å². The van der Waals surface area contributed by atoms with Crippen molar-refractivity contribution in [3.8, 4) is 23.0 Å². The van der Waals surface area contributed by atoms with Crippen LogP contribution >= 0.6 is 11.6 Å². The van der Waals surface area contributed by atoms with E-state index < -0.39 is 127 Å². The minimum Gasteiger partial charge on any atom is -0.346 e. The second-order valence-corrected chi connectivity index (χ2v) is 22.4. The van der Waals surface area contributed by atoms with Gasteiger partial charge in [0.1, 0.15) is 40.9 Å². The first-order valence-electron chi connectivity index (χ1n) is 20.8. The molecule has 68 heavy (non-hydrogen) atoms. The molecule has 364 valence electrons. The van der Waals surface area contributed by atoms with Gasteiger partial charge in [-0.25, -0.2) is 30.6 Å². The van der Waals surface area contributed by atoms with Crippen LogP contribution in [0.2, 0.25) is 5.02 Å². The molecule has 5 aromatic rings. The number of fused-ring (bicyclic) bond motifs is 3. The van der Waals surface area contributed by atoms with Crippen molar-refractivity contribution in [1.29, 1.82) is 0 Å². The first kappa shape index (κ1) is 49.0. The van der Waals surface area contributed by atoms with Crippen molar-refractivity contribution < 1.29 is 65.5 Å². The maximum atomic E-state index is 15.2. The van der Waals surface area contributed by atoms with E-state index in [1.807, 2.05) is 0 Å². The van der Waals surface area contributed by atoms with Gasteiger partial charge in [-0.2, -0.15) is 45.3 Å². The number of amides is 1. The molecule has 0 spiro atoms. The number of anilines is 1. The number of halogens is 11. The number of hydrogen-bond donors (Lipinski definition) is 2. The number of carbonyl (C=O) groups excluding carboxylic acids is 1. The third kappa shape index (κ3) is 9.61. The molecule has 0 radical (unpaired) electrons. The quantitative estimate of drug-likeness (QED) is 0.0931. The average molecular weight is 1020 g/mol. The van der Waals surface area contributed by atoms with Crippen molar-refractivity contribution in [3.63, 3.8) is 0 Å². The Kier molecular flexibility index (Phi) is 12.2. The molecule has 3 aliphatic rings. The maximum Gasteiger partial charge on any atom is 0.435 e. The molecule has 25 heteroatoms. The molecule has 1 amide bonds. The predicted molar refractivity (Wildman–Crippen MR) is 228 cm³/mol. The third-order valence-electron chi connectivity index (χ3n) is 12.0. The predicted octanol–water partition coefficient (Wildman–Crippen LogP) is 8.51. The fourth-order valence-corrected chi connectivity index (χ4v) is 10.3. The number of nitrogens with one attached hydrogen (secondary N) is 2. The van der Waals surface area contributed by atoms with E-state index in [0.717, 1.165) is 18.4 Å². The lowest BCUT2D eigenvalue weighted by atomic mass is 9.88. The molecule has 0 unspecified atom stereocenters. The normalized spacial score (nSPS) is 16.6. The van der Waals surface area contributed by atoms with Gasteiger partial charge >= 0.3 is 12.4 Å². The fraction of sp³-hybridized carbons (Fsp3) is 0.442. The van der Waals surface area contributed by atoms with E-state index in [2.05, 4.69) is 32.1 Å². The Morgan fingerprint density at radius 3 is 2.22 bits per heavy atom. The number of benzene rings is 2. The topological polar surface area (TPSA) is 158 Å². The second-order valence-electron chi connectivity index (χ2n) is 17.5. The molecule has 2 N–H and O–H groups in total. The SMILES string of the molecule is CC(C)(C#Cc1nc([C@H](Cc2cc(F)cc(F)c2)NC(=O)Cn2nc(C(F)(F)F)c3c2C(F)(F)CC3)c(-c2ccc(Cl)c3c(NS(=O)(=O)C4CC4)nn(CC(F)(F)F)c23)c2c1CCC2)S(C)(=O)=O. The van der Waals surface area contributed by atoms with E-state index in [9.17, 15) is 56.8 Å². The van der Waals surface area contributed by atoms with Crippen molar-refractivity contribution in [2.45, 2.75) is 113 Å². The van der Waals surface area contributed by atoms with Crippen LogP contribution in [0, 0.1) is 23.5 Å². The Morgan fingerprint density at radius 1 is 0.941 bits per heavy atom. The number of alkyl halides is 8. The standard InChI is InChI=1S/C43H38ClF10N7O5S2/c1-40(2,67(3,63)64)13-12-30-25-5-4-6-26(25)33(27-9-10-29(44)34-36(27)61(20-42(49,50)51)58-39(34)59-68(65,66)24-7-8-24)35(56-30)31(17-21-15-22(45)18-23(46)16-21)55-32(62)19-60-38-28(11-14-41(38,47)48)37(57-60)43(52,53)54/h9-10,15-16,18,24,31H,4-8,11,14,17,19-20H2,1-3H3,(H,55,62)(H,58,59)/t31-/m0/s1. The molecule has 1 atom stereocenters. The number of rotatable bonds is 12. The zero-order valence-electron chi connectivity index (χ0n) is 35.9. The van der Waals surface area contributed by atoms with E-state index in [-0.39, 0.29) is 74.4 Å². The molecule has 1 saturated carbocycles. The van der Waals surface area contributed by atoms with E-state index in [1.165, 1.54) is 26.0 Å². The lowest BCUT2D eigenvalue weighted by Crippen LogP contribution is -2.35. The minimum atomic E-state index is -5.19. The fourth-order valence-electron chi connectivity index (χ4n) is 8.52. The largest absolute Gasteiger partial charge is 0.435 e. The van der Waals surface area contributed by atoms with Gasteiger partial charge in [0.05, 0.1) is 32.9 Å². The number of hydrogen-bond acceptors (Lipinski definition) is 8.